The van der Waals surface area contributed by atoms with E-state index in [-0.39, 0.29) is 11.1 Å². The summed E-state index contributed by atoms with van der Waals surface area (Å²) >= 11 is 0. The molecular weight excluding hydrogens is 296 g/mol. The van der Waals surface area contributed by atoms with Crippen LogP contribution in [0.2, 0.25) is 0 Å². The number of halogens is 6. The van der Waals surface area contributed by atoms with Gasteiger partial charge in [-0.1, -0.05) is 6.07 Å². The maximum atomic E-state index is 13.1. The molecule has 0 radical (unpaired) electrons. The third-order valence-corrected chi connectivity index (χ3v) is 2.76. The molecule has 1 nitrogen and oxygen atoms in total. The Morgan fingerprint density at radius 2 is 1.43 bits per heavy atom. The minimum Gasteiger partial charge on any atom is -0.204 e. The van der Waals surface area contributed by atoms with Gasteiger partial charge >= 0.3 is 6.18 Å². The van der Waals surface area contributed by atoms with Gasteiger partial charge in [-0.15, -0.1) is 0 Å². The van der Waals surface area contributed by atoms with Gasteiger partial charge in [0.1, 0.15) is 0 Å². The fourth-order valence-corrected chi connectivity index (χ4v) is 1.78. The fraction of sp³-hybridized carbons (Fsp3) is 0.0714. The van der Waals surface area contributed by atoms with E-state index in [1.165, 1.54) is 6.07 Å². The summed E-state index contributed by atoms with van der Waals surface area (Å²) in [6, 6.07) is 5.12. The summed E-state index contributed by atoms with van der Waals surface area (Å²) in [5.74, 6) is -4.73. The Kier molecular flexibility index (Phi) is 3.64. The van der Waals surface area contributed by atoms with Crippen LogP contribution in [0.4, 0.5) is 26.3 Å². The van der Waals surface area contributed by atoms with Crippen LogP contribution in [0.3, 0.4) is 0 Å². The first-order valence-corrected chi connectivity index (χ1v) is 5.50. The molecule has 7 heteroatoms. The van der Waals surface area contributed by atoms with Crippen molar-refractivity contribution >= 4 is 0 Å². The quantitative estimate of drug-likeness (QED) is 0.555. The smallest absolute Gasteiger partial charge is 0.204 e. The van der Waals surface area contributed by atoms with E-state index in [4.69, 9.17) is 5.26 Å². The van der Waals surface area contributed by atoms with Crippen LogP contribution in [0.1, 0.15) is 11.1 Å². The van der Waals surface area contributed by atoms with Gasteiger partial charge in [0.25, 0.3) is 0 Å². The standard InChI is InChI=1S/C14H5F6N/c15-11-4-9(5-12(16)13(11)17)7-1-2-8(6-21)10(3-7)14(18,19)20/h1-5H. The van der Waals surface area contributed by atoms with E-state index in [0.29, 0.717) is 18.2 Å². The Hall–Kier alpha value is -2.49. The zero-order valence-corrected chi connectivity index (χ0v) is 10.1. The van der Waals surface area contributed by atoms with Crippen LogP contribution in [0.25, 0.3) is 11.1 Å². The minimum atomic E-state index is -4.79. The first-order valence-electron chi connectivity index (χ1n) is 5.50. The molecule has 0 bridgehead atoms. The second-order valence-corrected chi connectivity index (χ2v) is 4.12. The van der Waals surface area contributed by atoms with E-state index in [1.54, 1.807) is 0 Å². The number of rotatable bonds is 1. The molecular formula is C14H5F6N. The van der Waals surface area contributed by atoms with Crippen molar-refractivity contribution in [3.8, 4) is 17.2 Å². The lowest BCUT2D eigenvalue weighted by molar-refractivity contribution is -0.137. The molecule has 0 aliphatic heterocycles. The van der Waals surface area contributed by atoms with Crippen molar-refractivity contribution < 1.29 is 26.3 Å². The molecule has 2 rings (SSSR count). The van der Waals surface area contributed by atoms with Gasteiger partial charge in [0, 0.05) is 0 Å². The van der Waals surface area contributed by atoms with E-state index < -0.39 is 34.8 Å². The minimum absolute atomic E-state index is 0.181. The van der Waals surface area contributed by atoms with Crippen LogP contribution in [-0.4, -0.2) is 0 Å². The predicted molar refractivity (Wildman–Crippen MR) is 61.5 cm³/mol. The first-order chi connectivity index (χ1) is 9.74. The van der Waals surface area contributed by atoms with Gasteiger partial charge in [0.05, 0.1) is 17.2 Å². The topological polar surface area (TPSA) is 23.8 Å². The molecule has 0 amide bonds. The molecule has 0 aliphatic carbocycles. The van der Waals surface area contributed by atoms with E-state index in [2.05, 4.69) is 0 Å². The largest absolute Gasteiger partial charge is 0.417 e. The Morgan fingerprint density at radius 3 is 1.90 bits per heavy atom. The zero-order valence-electron chi connectivity index (χ0n) is 10.1. The lowest BCUT2D eigenvalue weighted by Crippen LogP contribution is -2.08. The summed E-state index contributed by atoms with van der Waals surface area (Å²) in [5.41, 5.74) is -2.29. The summed E-state index contributed by atoms with van der Waals surface area (Å²) in [4.78, 5) is 0. The van der Waals surface area contributed by atoms with Crippen LogP contribution in [0.15, 0.2) is 30.3 Å². The van der Waals surface area contributed by atoms with E-state index in [0.717, 1.165) is 12.1 Å². The zero-order chi connectivity index (χ0) is 15.8. The molecule has 0 saturated carbocycles. The van der Waals surface area contributed by atoms with Gasteiger partial charge in [0.15, 0.2) is 17.5 Å². The predicted octanol–water partition coefficient (Wildman–Crippen LogP) is 4.66. The van der Waals surface area contributed by atoms with Gasteiger partial charge in [0.2, 0.25) is 0 Å². The molecule has 0 heterocycles. The third kappa shape index (κ3) is 2.84. The second-order valence-electron chi connectivity index (χ2n) is 4.12. The lowest BCUT2D eigenvalue weighted by atomic mass is 9.99. The molecule has 21 heavy (non-hydrogen) atoms. The second kappa shape index (κ2) is 5.13. The Labute approximate surface area is 115 Å². The average Bonchev–Trinajstić information content (AvgIpc) is 2.42. The summed E-state index contributed by atoms with van der Waals surface area (Å²) in [6.45, 7) is 0. The maximum Gasteiger partial charge on any atom is 0.417 e. The van der Waals surface area contributed by atoms with Gasteiger partial charge in [-0.25, -0.2) is 13.2 Å². The molecule has 2 aromatic rings. The normalized spacial score (nSPS) is 11.3. The Bertz CT molecular complexity index is 719. The number of hydrogen-bond donors (Lipinski definition) is 0. The summed E-state index contributed by atoms with van der Waals surface area (Å²) in [5, 5.41) is 8.65. The molecule has 0 aliphatic rings. The molecule has 0 unspecified atom stereocenters. The van der Waals surface area contributed by atoms with Gasteiger partial charge in [-0.2, -0.15) is 18.4 Å². The molecule has 0 atom stereocenters. The highest BCUT2D eigenvalue weighted by Gasteiger charge is 2.34. The van der Waals surface area contributed by atoms with Crippen molar-refractivity contribution in [2.75, 3.05) is 0 Å². The highest BCUT2D eigenvalue weighted by atomic mass is 19.4. The van der Waals surface area contributed by atoms with Crippen molar-refractivity contribution in [3.63, 3.8) is 0 Å². The highest BCUT2D eigenvalue weighted by molar-refractivity contribution is 5.66. The van der Waals surface area contributed by atoms with E-state index in [1.807, 2.05) is 0 Å². The first kappa shape index (κ1) is 14.9. The number of nitrogens with zero attached hydrogens (tertiary/aromatic N) is 1. The SMILES string of the molecule is N#Cc1ccc(-c2cc(F)c(F)c(F)c2)cc1C(F)(F)F. The van der Waals surface area contributed by atoms with Crippen molar-refractivity contribution in [3.05, 3.63) is 58.9 Å². The number of alkyl halides is 3. The Balaban J connectivity index is 2.64. The van der Waals surface area contributed by atoms with Gasteiger partial charge in [-0.05, 0) is 35.4 Å². The van der Waals surface area contributed by atoms with Crippen molar-refractivity contribution in [2.24, 2.45) is 0 Å². The van der Waals surface area contributed by atoms with Crippen molar-refractivity contribution in [1.29, 1.82) is 5.26 Å². The highest BCUT2D eigenvalue weighted by Crippen LogP contribution is 2.35. The van der Waals surface area contributed by atoms with Crippen LogP contribution in [0.5, 0.6) is 0 Å². The van der Waals surface area contributed by atoms with Crippen LogP contribution in [-0.2, 0) is 6.18 Å². The molecule has 0 fully saturated rings. The molecule has 0 aromatic heterocycles. The number of benzene rings is 2. The average molecular weight is 301 g/mol. The molecule has 0 spiro atoms. The van der Waals surface area contributed by atoms with Crippen LogP contribution in [0, 0.1) is 28.8 Å². The van der Waals surface area contributed by atoms with E-state index >= 15 is 0 Å². The van der Waals surface area contributed by atoms with Crippen molar-refractivity contribution in [2.45, 2.75) is 6.18 Å². The summed E-state index contributed by atoms with van der Waals surface area (Å²) < 4.78 is 77.5. The molecule has 108 valence electrons. The van der Waals surface area contributed by atoms with E-state index in [9.17, 15) is 26.3 Å². The monoisotopic (exact) mass is 301 g/mol. The van der Waals surface area contributed by atoms with Crippen LogP contribution < -0.4 is 0 Å². The van der Waals surface area contributed by atoms with Crippen molar-refractivity contribution in [1.82, 2.24) is 0 Å². The number of nitriles is 1. The van der Waals surface area contributed by atoms with Crippen LogP contribution >= 0.6 is 0 Å². The molecule has 2 aromatic carbocycles. The van der Waals surface area contributed by atoms with Gasteiger partial charge < -0.3 is 0 Å². The third-order valence-electron chi connectivity index (χ3n) is 2.76. The fourth-order valence-electron chi connectivity index (χ4n) is 1.78. The van der Waals surface area contributed by atoms with Gasteiger partial charge in [-0.3, -0.25) is 0 Å². The summed E-state index contributed by atoms with van der Waals surface area (Å²) in [7, 11) is 0. The molecule has 0 N–H and O–H groups in total. The summed E-state index contributed by atoms with van der Waals surface area (Å²) in [6.07, 6.45) is -4.79. The molecule has 0 saturated heterocycles. The Morgan fingerprint density at radius 1 is 0.857 bits per heavy atom. The lowest BCUT2D eigenvalue weighted by Gasteiger charge is -2.11. The number of hydrogen-bond acceptors (Lipinski definition) is 1. The maximum absolute atomic E-state index is 13.1.